The van der Waals surface area contributed by atoms with E-state index in [1.807, 2.05) is 53.1 Å². The lowest BCUT2D eigenvalue weighted by Gasteiger charge is -2.10. The number of hydrogen-bond acceptors (Lipinski definition) is 1. The summed E-state index contributed by atoms with van der Waals surface area (Å²) in [5.41, 5.74) is 1.96. The van der Waals surface area contributed by atoms with Gasteiger partial charge in [0.2, 0.25) is 6.33 Å². The van der Waals surface area contributed by atoms with Crippen LogP contribution in [-0.4, -0.2) is 13.3 Å². The van der Waals surface area contributed by atoms with Crippen molar-refractivity contribution < 1.29 is 13.3 Å². The van der Waals surface area contributed by atoms with Crippen molar-refractivity contribution in [2.45, 2.75) is 31.2 Å². The van der Waals surface area contributed by atoms with E-state index in [4.69, 9.17) is 0 Å². The van der Waals surface area contributed by atoms with Gasteiger partial charge in [-0.2, -0.15) is 0 Å². The molecule has 1 aromatic carbocycles. The molecule has 0 spiro atoms. The first-order valence-electron chi connectivity index (χ1n) is 6.22. The smallest absolute Gasteiger partial charge is 0.243 e. The summed E-state index contributed by atoms with van der Waals surface area (Å²) in [6.07, 6.45) is 5.83. The van der Waals surface area contributed by atoms with Crippen LogP contribution in [0.5, 0.6) is 0 Å². The van der Waals surface area contributed by atoms with E-state index in [0.29, 0.717) is 17.4 Å². The molecule has 1 aromatic heterocycles. The summed E-state index contributed by atoms with van der Waals surface area (Å²) in [7, 11) is 1.95. The highest BCUT2D eigenvalue weighted by atomic mass is 32.2. The third-order valence-electron chi connectivity index (χ3n) is 3.12. The summed E-state index contributed by atoms with van der Waals surface area (Å²) < 4.78 is 24.9. The first kappa shape index (κ1) is 14.0. The van der Waals surface area contributed by atoms with Crippen molar-refractivity contribution in [3.05, 3.63) is 48.0 Å². The predicted octanol–water partition coefficient (Wildman–Crippen LogP) is 2.06. The molecule has 5 heteroatoms. The van der Waals surface area contributed by atoms with Gasteiger partial charge in [-0.3, -0.25) is 0 Å². The van der Waals surface area contributed by atoms with E-state index in [-0.39, 0.29) is 0 Å². The highest BCUT2D eigenvalue weighted by Gasteiger charge is 2.13. The number of imidazole rings is 1. The highest BCUT2D eigenvalue weighted by Crippen LogP contribution is 2.21. The van der Waals surface area contributed by atoms with Crippen molar-refractivity contribution in [3.63, 3.8) is 0 Å². The zero-order chi connectivity index (χ0) is 14.0. The summed E-state index contributed by atoms with van der Waals surface area (Å²) in [6, 6.07) is 5.80. The molecule has 0 fully saturated rings. The Labute approximate surface area is 116 Å². The largest absolute Gasteiger partial charge is 0.302 e. The van der Waals surface area contributed by atoms with Crippen LogP contribution in [0.3, 0.4) is 0 Å². The Kier molecular flexibility index (Phi) is 4.17. The number of hydrogen-bond donors (Lipinski definition) is 1. The maximum atomic E-state index is 11.5. The molecule has 0 aliphatic carbocycles. The van der Waals surface area contributed by atoms with E-state index in [1.165, 1.54) is 0 Å². The Balaban J connectivity index is 2.36. The molecule has 1 heterocycles. The third-order valence-corrected chi connectivity index (χ3v) is 3.88. The molecule has 0 radical (unpaired) electrons. The van der Waals surface area contributed by atoms with Crippen molar-refractivity contribution in [1.29, 1.82) is 0 Å². The average Bonchev–Trinajstić information content (AvgIpc) is 2.74. The van der Waals surface area contributed by atoms with Gasteiger partial charge < -0.3 is 4.55 Å². The van der Waals surface area contributed by atoms with Gasteiger partial charge in [-0.25, -0.2) is 13.3 Å². The number of aromatic nitrogens is 2. The Morgan fingerprint density at radius 3 is 2.68 bits per heavy atom. The minimum absolute atomic E-state index is 0.348. The molecular weight excluding hydrogens is 260 g/mol. The lowest BCUT2D eigenvalue weighted by atomic mass is 10.0. The molecule has 2 rings (SSSR count). The van der Waals surface area contributed by atoms with Crippen LogP contribution in [-0.2, 0) is 24.7 Å². The van der Waals surface area contributed by atoms with E-state index < -0.39 is 11.1 Å². The summed E-state index contributed by atoms with van der Waals surface area (Å²) in [6.45, 7) is 4.75. The zero-order valence-corrected chi connectivity index (χ0v) is 12.2. The van der Waals surface area contributed by atoms with E-state index in [1.54, 1.807) is 0 Å². The van der Waals surface area contributed by atoms with Crippen molar-refractivity contribution in [1.82, 2.24) is 4.57 Å². The topological polar surface area (TPSA) is 46.1 Å². The standard InChI is InChI=1S/C14H18N2O2S/c1-11(2)12-4-5-13(14(8-12)19(17)18)9-16-7-6-15(3)10-16/h4-8,10-11H,9H2,1-3H3/p+1. The minimum Gasteiger partial charge on any atom is -0.302 e. The molecule has 0 saturated carbocycles. The molecule has 0 aliphatic rings. The van der Waals surface area contributed by atoms with Gasteiger partial charge in [0.25, 0.3) is 0 Å². The van der Waals surface area contributed by atoms with Gasteiger partial charge in [0.15, 0.2) is 11.1 Å². The van der Waals surface area contributed by atoms with Gasteiger partial charge >= 0.3 is 0 Å². The summed E-state index contributed by atoms with van der Waals surface area (Å²) in [5.74, 6) is 0.348. The van der Waals surface area contributed by atoms with Crippen LogP contribution < -0.4 is 4.57 Å². The van der Waals surface area contributed by atoms with Gasteiger partial charge in [-0.05, 0) is 17.5 Å². The molecule has 0 aliphatic heterocycles. The molecule has 1 atom stereocenters. The monoisotopic (exact) mass is 279 g/mol. The fourth-order valence-corrected chi connectivity index (χ4v) is 2.61. The van der Waals surface area contributed by atoms with Crippen molar-refractivity contribution >= 4 is 11.1 Å². The molecule has 2 aromatic rings. The summed E-state index contributed by atoms with van der Waals surface area (Å²) in [5, 5.41) is 0. The fraction of sp³-hybridized carbons (Fsp3) is 0.357. The van der Waals surface area contributed by atoms with Gasteiger partial charge in [0.05, 0.1) is 11.9 Å². The number of rotatable bonds is 4. The quantitative estimate of drug-likeness (QED) is 0.688. The lowest BCUT2D eigenvalue weighted by Crippen LogP contribution is -2.23. The molecule has 102 valence electrons. The molecule has 19 heavy (non-hydrogen) atoms. The Morgan fingerprint density at radius 2 is 2.16 bits per heavy atom. The average molecular weight is 279 g/mol. The van der Waals surface area contributed by atoms with Crippen LogP contribution in [0.4, 0.5) is 0 Å². The van der Waals surface area contributed by atoms with E-state index >= 15 is 0 Å². The second-order valence-electron chi connectivity index (χ2n) is 5.02. The SMILES string of the molecule is CC(C)c1ccc(Cn2cc[n+](C)c2)c(S(=O)O)c1. The number of nitrogens with zero attached hydrogens (tertiary/aromatic N) is 2. The Morgan fingerprint density at radius 1 is 1.42 bits per heavy atom. The maximum Gasteiger partial charge on any atom is 0.243 e. The first-order chi connectivity index (χ1) is 8.97. The third kappa shape index (κ3) is 3.30. The van der Waals surface area contributed by atoms with Crippen LogP contribution in [0.2, 0.25) is 0 Å². The predicted molar refractivity (Wildman–Crippen MR) is 74.3 cm³/mol. The van der Waals surface area contributed by atoms with Crippen molar-refractivity contribution in [3.8, 4) is 0 Å². The molecule has 0 bridgehead atoms. The zero-order valence-electron chi connectivity index (χ0n) is 11.4. The van der Waals surface area contributed by atoms with Gasteiger partial charge in [-0.15, -0.1) is 0 Å². The number of benzene rings is 1. The van der Waals surface area contributed by atoms with Crippen molar-refractivity contribution in [2.24, 2.45) is 7.05 Å². The Hall–Kier alpha value is -1.46. The van der Waals surface area contributed by atoms with E-state index in [2.05, 4.69) is 13.8 Å². The van der Waals surface area contributed by atoms with Crippen LogP contribution in [0, 0.1) is 0 Å². The van der Waals surface area contributed by atoms with Crippen LogP contribution in [0.1, 0.15) is 30.9 Å². The van der Waals surface area contributed by atoms with Gasteiger partial charge in [-0.1, -0.05) is 26.0 Å². The molecule has 4 nitrogen and oxygen atoms in total. The van der Waals surface area contributed by atoms with Gasteiger partial charge in [0, 0.05) is 5.56 Å². The molecule has 0 amide bonds. The Bertz CT molecular complexity index is 605. The normalized spacial score (nSPS) is 12.9. The van der Waals surface area contributed by atoms with E-state index in [9.17, 15) is 8.76 Å². The summed E-state index contributed by atoms with van der Waals surface area (Å²) >= 11 is -1.95. The summed E-state index contributed by atoms with van der Waals surface area (Å²) in [4.78, 5) is 0.502. The fourth-order valence-electron chi connectivity index (χ4n) is 2.02. The van der Waals surface area contributed by atoms with Crippen LogP contribution >= 0.6 is 0 Å². The second-order valence-corrected chi connectivity index (χ2v) is 5.96. The van der Waals surface area contributed by atoms with Crippen LogP contribution in [0.15, 0.2) is 41.8 Å². The maximum absolute atomic E-state index is 11.5. The second kappa shape index (κ2) is 5.67. The highest BCUT2D eigenvalue weighted by molar-refractivity contribution is 7.79. The molecule has 0 saturated heterocycles. The number of aryl methyl sites for hydroxylation is 1. The molecule has 1 unspecified atom stereocenters. The van der Waals surface area contributed by atoms with Gasteiger partial charge in [0.1, 0.15) is 18.9 Å². The molecular formula is C14H19N2O2S+. The minimum atomic E-state index is -1.95. The molecule has 1 N–H and O–H groups in total. The van der Waals surface area contributed by atoms with Crippen LogP contribution in [0.25, 0.3) is 0 Å². The first-order valence-corrected chi connectivity index (χ1v) is 7.32. The van der Waals surface area contributed by atoms with Crippen molar-refractivity contribution in [2.75, 3.05) is 0 Å². The van der Waals surface area contributed by atoms with E-state index in [0.717, 1.165) is 11.1 Å². The lowest BCUT2D eigenvalue weighted by molar-refractivity contribution is -0.671.